The minimum Gasteiger partial charge on any atom is -0.270 e. The maximum atomic E-state index is 5.79. The molecule has 0 bridgehead atoms. The van der Waals surface area contributed by atoms with Crippen LogP contribution in [-0.4, -0.2) is 15.5 Å². The van der Waals surface area contributed by atoms with E-state index in [-0.39, 0.29) is 37.2 Å². The topological polar surface area (TPSA) is 12.4 Å². The van der Waals surface area contributed by atoms with Gasteiger partial charge in [0.2, 0.25) is 0 Å². The van der Waals surface area contributed by atoms with Crippen LogP contribution in [0.1, 0.15) is 121 Å². The van der Waals surface area contributed by atoms with Crippen LogP contribution in [0.2, 0.25) is 0 Å². The molecule has 0 saturated carbocycles. The summed E-state index contributed by atoms with van der Waals surface area (Å²) in [5.74, 6) is 0. The second kappa shape index (κ2) is 14.3. The first-order valence-electron chi connectivity index (χ1n) is 12.5. The predicted octanol–water partition coefficient (Wildman–Crippen LogP) is 10.9. The Morgan fingerprint density at radius 1 is 0.812 bits per heavy atom. The first-order chi connectivity index (χ1) is 14.2. The number of allylic oxidation sites excluding steroid dienone is 5. The molecular weight excluding hydrogens is 441 g/mol. The van der Waals surface area contributed by atoms with E-state index in [1.165, 1.54) is 44.2 Å². The number of nitrogens with zero attached hydrogens (tertiary/aromatic N) is 1. The van der Waals surface area contributed by atoms with E-state index in [0.29, 0.717) is 0 Å². The first-order valence-corrected chi connectivity index (χ1v) is 14.2. The van der Waals surface area contributed by atoms with Gasteiger partial charge in [-0.05, 0) is 46.2 Å². The maximum Gasteiger partial charge on any atom is 0.0425 e. The molecule has 0 aromatic rings. The van der Waals surface area contributed by atoms with Gasteiger partial charge in [-0.3, -0.25) is 4.74 Å². The van der Waals surface area contributed by atoms with Crippen molar-refractivity contribution in [2.75, 3.05) is 0 Å². The summed E-state index contributed by atoms with van der Waals surface area (Å²) in [7, 11) is -1.69. The fraction of sp³-hybridized carbons (Fsp3) is 0.724. The Morgan fingerprint density at radius 2 is 1.16 bits per heavy atom. The first kappa shape index (κ1) is 34.1. The van der Waals surface area contributed by atoms with Crippen LogP contribution >= 0.6 is 7.05 Å². The van der Waals surface area contributed by atoms with Gasteiger partial charge in [0.15, 0.2) is 0 Å². The molecule has 3 heteroatoms. The molecule has 32 heavy (non-hydrogen) atoms. The standard InChI is InChI=1S/C23H44NP.C6H10.Ti/c1-10-17-21(4,5)25(22(6,7)18-11-2,23(8,9)19-12-3)24-20-15-13-14-16-20;1-5(2)6(3)4;/h13-15H,10-12,16-19H2,1-9H3;1,3H2,2,4H3;. The molecule has 0 heterocycles. The summed E-state index contributed by atoms with van der Waals surface area (Å²) < 4.78 is 5.79. The SMILES string of the molecule is C=C(C)C(=C)C.CCCC(C)(C)P(=NC1=CC=CC1)(C(C)(C)CCC)C(C)(C)CCC.[Ti]. The van der Waals surface area contributed by atoms with Crippen LogP contribution in [0.25, 0.3) is 0 Å². The molecule has 0 amide bonds. The molecule has 1 aliphatic rings. The van der Waals surface area contributed by atoms with Crippen molar-refractivity contribution in [2.24, 2.45) is 4.74 Å². The van der Waals surface area contributed by atoms with E-state index in [1.807, 2.05) is 13.8 Å². The van der Waals surface area contributed by atoms with Crippen LogP contribution in [0.15, 0.2) is 53.0 Å². The van der Waals surface area contributed by atoms with Crippen molar-refractivity contribution in [2.45, 2.75) is 137 Å². The summed E-state index contributed by atoms with van der Waals surface area (Å²) in [5, 5.41) is 0.799. The maximum absolute atomic E-state index is 5.79. The number of hydrogen-bond donors (Lipinski definition) is 0. The Kier molecular flexibility index (Phi) is 15.3. The van der Waals surface area contributed by atoms with Crippen LogP contribution in [-0.2, 0) is 21.7 Å². The fourth-order valence-corrected chi connectivity index (χ4v) is 13.8. The third-order valence-electron chi connectivity index (χ3n) is 6.97. The van der Waals surface area contributed by atoms with Crippen LogP contribution in [0.4, 0.5) is 0 Å². The summed E-state index contributed by atoms with van der Waals surface area (Å²) in [4.78, 5) is 0. The van der Waals surface area contributed by atoms with Crippen LogP contribution < -0.4 is 0 Å². The van der Waals surface area contributed by atoms with E-state index in [2.05, 4.69) is 93.7 Å². The van der Waals surface area contributed by atoms with Crippen molar-refractivity contribution in [1.82, 2.24) is 0 Å². The van der Waals surface area contributed by atoms with Crippen molar-refractivity contribution in [3.63, 3.8) is 0 Å². The van der Waals surface area contributed by atoms with Crippen LogP contribution in [0.5, 0.6) is 0 Å². The Hall–Kier alpha value is -0.0957. The van der Waals surface area contributed by atoms with Crippen molar-refractivity contribution in [3.05, 3.63) is 48.2 Å². The van der Waals surface area contributed by atoms with Gasteiger partial charge in [-0.25, -0.2) is 0 Å². The summed E-state index contributed by atoms with van der Waals surface area (Å²) in [6.07, 6.45) is 15.3. The molecule has 0 fully saturated rings. The molecule has 0 saturated heterocycles. The molecule has 184 valence electrons. The molecule has 0 radical (unpaired) electrons. The normalized spacial score (nSPS) is 14.2. The average molecular weight is 496 g/mol. The fourth-order valence-electron chi connectivity index (χ4n) is 5.89. The van der Waals surface area contributed by atoms with E-state index in [0.717, 1.165) is 17.6 Å². The third kappa shape index (κ3) is 8.29. The smallest absolute Gasteiger partial charge is 0.0425 e. The Balaban J connectivity index is 0. The van der Waals surface area contributed by atoms with Gasteiger partial charge in [0.25, 0.3) is 0 Å². The minimum atomic E-state index is -1.69. The quantitative estimate of drug-likeness (QED) is 0.154. The minimum absolute atomic E-state index is 0. The van der Waals surface area contributed by atoms with Crippen molar-refractivity contribution < 1.29 is 21.7 Å². The molecule has 1 nitrogen and oxygen atoms in total. The van der Waals surface area contributed by atoms with Gasteiger partial charge >= 0.3 is 0 Å². The van der Waals surface area contributed by atoms with E-state index in [4.69, 9.17) is 4.74 Å². The van der Waals surface area contributed by atoms with Gasteiger partial charge in [0.05, 0.1) is 0 Å². The van der Waals surface area contributed by atoms with Crippen molar-refractivity contribution in [1.29, 1.82) is 0 Å². The van der Waals surface area contributed by atoms with Gasteiger partial charge in [-0.15, -0.1) is 0 Å². The Bertz CT molecular complexity index is 655. The summed E-state index contributed by atoms with van der Waals surface area (Å²) >= 11 is 0. The van der Waals surface area contributed by atoms with E-state index < -0.39 is 7.05 Å². The zero-order chi connectivity index (χ0) is 24.5. The van der Waals surface area contributed by atoms with Gasteiger partial charge < -0.3 is 0 Å². The van der Waals surface area contributed by atoms with Gasteiger partial charge in [-0.1, -0.05) is 118 Å². The monoisotopic (exact) mass is 495 g/mol. The van der Waals surface area contributed by atoms with Crippen LogP contribution in [0.3, 0.4) is 0 Å². The molecule has 0 aromatic carbocycles. The van der Waals surface area contributed by atoms with Crippen LogP contribution in [0, 0.1) is 0 Å². The van der Waals surface area contributed by atoms with Crippen molar-refractivity contribution in [3.8, 4) is 0 Å². The summed E-state index contributed by atoms with van der Waals surface area (Å²) in [6.45, 7) is 33.4. The molecule has 0 atom stereocenters. The predicted molar refractivity (Wildman–Crippen MR) is 148 cm³/mol. The second-order valence-corrected chi connectivity index (χ2v) is 16.4. The molecule has 0 aromatic heterocycles. The molecule has 0 N–H and O–H groups in total. The third-order valence-corrected chi connectivity index (χ3v) is 13.5. The zero-order valence-electron chi connectivity index (χ0n) is 23.5. The second-order valence-electron chi connectivity index (χ2n) is 11.3. The van der Waals surface area contributed by atoms with E-state index in [9.17, 15) is 0 Å². The Morgan fingerprint density at radius 3 is 1.38 bits per heavy atom. The summed E-state index contributed by atoms with van der Waals surface area (Å²) in [6, 6.07) is 0. The molecule has 0 aliphatic heterocycles. The molecule has 1 aliphatic carbocycles. The van der Waals surface area contributed by atoms with E-state index in [1.54, 1.807) is 0 Å². The Labute approximate surface area is 217 Å². The molecule has 0 spiro atoms. The average Bonchev–Trinajstić information content (AvgIpc) is 3.12. The van der Waals surface area contributed by atoms with Gasteiger partial charge in [-0.2, -0.15) is 0 Å². The van der Waals surface area contributed by atoms with E-state index >= 15 is 0 Å². The molecular formula is C29H54NPTi. The molecule has 1 rings (SSSR count). The largest absolute Gasteiger partial charge is 0.270 e. The molecule has 0 unspecified atom stereocenters. The van der Waals surface area contributed by atoms with Gasteiger partial charge in [0, 0.05) is 49.3 Å². The van der Waals surface area contributed by atoms with Crippen molar-refractivity contribution >= 4 is 7.05 Å². The number of hydrogen-bond acceptors (Lipinski definition) is 1. The number of rotatable bonds is 11. The zero-order valence-corrected chi connectivity index (χ0v) is 25.9. The summed E-state index contributed by atoms with van der Waals surface area (Å²) in [5.41, 5.74) is 3.45. The van der Waals surface area contributed by atoms with Gasteiger partial charge in [0.1, 0.15) is 0 Å².